The molecule has 0 bridgehead atoms. The van der Waals surface area contributed by atoms with E-state index in [0.29, 0.717) is 16.4 Å². The van der Waals surface area contributed by atoms with Gasteiger partial charge in [-0.3, -0.25) is 4.79 Å². The van der Waals surface area contributed by atoms with E-state index >= 15 is 0 Å². The Morgan fingerprint density at radius 2 is 1.84 bits per heavy atom. The zero-order valence-electron chi connectivity index (χ0n) is 18.1. The molecule has 1 amide bonds. The lowest BCUT2D eigenvalue weighted by molar-refractivity contribution is -0.123. The zero-order valence-corrected chi connectivity index (χ0v) is 18.9. The largest absolute Gasteiger partial charge is 0.486 e. The average molecular weight is 457 g/mol. The van der Waals surface area contributed by atoms with E-state index in [-0.39, 0.29) is 24.0 Å². The lowest BCUT2D eigenvalue weighted by Gasteiger charge is -2.18. The molecule has 3 rings (SSSR count). The van der Waals surface area contributed by atoms with Crippen LogP contribution in [0.3, 0.4) is 0 Å². The minimum absolute atomic E-state index is 0.104. The molecule has 2 aromatic carbocycles. The van der Waals surface area contributed by atoms with Crippen LogP contribution in [0.4, 0.5) is 10.1 Å². The van der Waals surface area contributed by atoms with Crippen molar-refractivity contribution in [2.24, 2.45) is 0 Å². The van der Waals surface area contributed by atoms with E-state index in [1.54, 1.807) is 5.38 Å². The van der Waals surface area contributed by atoms with Gasteiger partial charge in [-0.2, -0.15) is 0 Å². The molecule has 0 saturated heterocycles. The minimum atomic E-state index is -0.992. The van der Waals surface area contributed by atoms with Crippen molar-refractivity contribution in [3.05, 3.63) is 76.0 Å². The van der Waals surface area contributed by atoms with Gasteiger partial charge in [0.05, 0.1) is 0 Å². The second kappa shape index (κ2) is 10.9. The average Bonchev–Trinajstić information content (AvgIpc) is 3.28. The fourth-order valence-electron chi connectivity index (χ4n) is 2.92. The van der Waals surface area contributed by atoms with Crippen LogP contribution in [0.5, 0.6) is 5.75 Å². The number of para-hydroxylation sites is 1. The van der Waals surface area contributed by atoms with Gasteiger partial charge in [-0.05, 0) is 55.2 Å². The Morgan fingerprint density at radius 1 is 1.12 bits per heavy atom. The molecule has 0 radical (unpaired) electrons. The molecule has 0 spiro atoms. The standard InChI is InChI=1S/C24H25FN2O4S/c1-4-15(2)19-7-5-6-8-20(19)27-23(28)16(3)31-24(29)21-14-32-22(26-21)13-30-18-11-9-17(25)10-12-18/h5-12,14-16H,4,13H2,1-3H3,(H,27,28). The van der Waals surface area contributed by atoms with Crippen LogP contribution < -0.4 is 10.1 Å². The van der Waals surface area contributed by atoms with Gasteiger partial charge in [0, 0.05) is 11.1 Å². The molecule has 0 aliphatic rings. The van der Waals surface area contributed by atoms with Crippen LogP contribution in [0.2, 0.25) is 0 Å². The highest BCUT2D eigenvalue weighted by molar-refractivity contribution is 7.09. The number of thiazole rings is 1. The number of benzene rings is 2. The van der Waals surface area contributed by atoms with Gasteiger partial charge in [0.15, 0.2) is 11.8 Å². The maximum atomic E-state index is 13.0. The molecule has 6 nitrogen and oxygen atoms in total. The monoisotopic (exact) mass is 456 g/mol. The first kappa shape index (κ1) is 23.4. The van der Waals surface area contributed by atoms with Crippen molar-refractivity contribution in [3.8, 4) is 5.75 Å². The Balaban J connectivity index is 1.55. The molecular weight excluding hydrogens is 431 g/mol. The van der Waals surface area contributed by atoms with Gasteiger partial charge >= 0.3 is 5.97 Å². The van der Waals surface area contributed by atoms with Crippen molar-refractivity contribution in [2.45, 2.75) is 45.8 Å². The third kappa shape index (κ3) is 6.13. The molecule has 1 aromatic heterocycles. The summed E-state index contributed by atoms with van der Waals surface area (Å²) in [6.07, 6.45) is -0.0536. The van der Waals surface area contributed by atoms with Crippen LogP contribution in [0, 0.1) is 5.82 Å². The Hall–Kier alpha value is -3.26. The number of nitrogens with zero attached hydrogens (tertiary/aromatic N) is 1. The summed E-state index contributed by atoms with van der Waals surface area (Å²) in [7, 11) is 0. The van der Waals surface area contributed by atoms with Gasteiger partial charge < -0.3 is 14.8 Å². The predicted molar refractivity (Wildman–Crippen MR) is 122 cm³/mol. The van der Waals surface area contributed by atoms with Crippen molar-refractivity contribution in [2.75, 3.05) is 5.32 Å². The number of rotatable bonds is 9. The highest BCUT2D eigenvalue weighted by Crippen LogP contribution is 2.26. The molecule has 1 heterocycles. The quantitative estimate of drug-likeness (QED) is 0.427. The summed E-state index contributed by atoms with van der Waals surface area (Å²) in [5.74, 6) is -0.668. The molecule has 0 saturated carbocycles. The van der Waals surface area contributed by atoms with Gasteiger partial charge in [0.2, 0.25) is 0 Å². The third-order valence-corrected chi connectivity index (χ3v) is 5.77. The van der Waals surface area contributed by atoms with Crippen LogP contribution >= 0.6 is 11.3 Å². The van der Waals surface area contributed by atoms with Gasteiger partial charge in [-0.15, -0.1) is 11.3 Å². The third-order valence-electron chi connectivity index (χ3n) is 4.95. The lowest BCUT2D eigenvalue weighted by atomic mass is 9.97. The first-order valence-corrected chi connectivity index (χ1v) is 11.2. The van der Waals surface area contributed by atoms with Crippen LogP contribution in [0.15, 0.2) is 53.9 Å². The number of anilines is 1. The SMILES string of the molecule is CCC(C)c1ccccc1NC(=O)C(C)OC(=O)c1csc(COc2ccc(F)cc2)n1. The predicted octanol–water partition coefficient (Wildman–Crippen LogP) is 5.56. The fraction of sp³-hybridized carbons (Fsp3) is 0.292. The van der Waals surface area contributed by atoms with Crippen LogP contribution in [-0.4, -0.2) is 23.0 Å². The van der Waals surface area contributed by atoms with Gasteiger partial charge in [-0.25, -0.2) is 14.2 Å². The number of carbonyl (C=O) groups excluding carboxylic acids is 2. The number of esters is 1. The Labute approximate surface area is 190 Å². The molecule has 2 unspecified atom stereocenters. The Bertz CT molecular complexity index is 1070. The molecule has 1 N–H and O–H groups in total. The van der Waals surface area contributed by atoms with E-state index in [9.17, 15) is 14.0 Å². The molecule has 0 aliphatic heterocycles. The molecule has 8 heteroatoms. The zero-order chi connectivity index (χ0) is 23.1. The Morgan fingerprint density at radius 3 is 2.56 bits per heavy atom. The fourth-order valence-corrected chi connectivity index (χ4v) is 3.59. The van der Waals surface area contributed by atoms with Crippen molar-refractivity contribution in [3.63, 3.8) is 0 Å². The van der Waals surface area contributed by atoms with Crippen LogP contribution in [0.25, 0.3) is 0 Å². The second-order valence-corrected chi connectivity index (χ2v) is 8.25. The summed E-state index contributed by atoms with van der Waals surface area (Å²) in [6, 6.07) is 13.2. The summed E-state index contributed by atoms with van der Waals surface area (Å²) in [4.78, 5) is 29.2. The topological polar surface area (TPSA) is 77.5 Å². The van der Waals surface area contributed by atoms with E-state index in [0.717, 1.165) is 12.0 Å². The molecule has 2 atom stereocenters. The number of aromatic nitrogens is 1. The number of hydrogen-bond acceptors (Lipinski definition) is 6. The van der Waals surface area contributed by atoms with Crippen molar-refractivity contribution < 1.29 is 23.5 Å². The van der Waals surface area contributed by atoms with Gasteiger partial charge in [-0.1, -0.05) is 32.0 Å². The summed E-state index contributed by atoms with van der Waals surface area (Å²) in [5.41, 5.74) is 1.85. The highest BCUT2D eigenvalue weighted by atomic mass is 32.1. The lowest BCUT2D eigenvalue weighted by Crippen LogP contribution is -2.30. The van der Waals surface area contributed by atoms with Gasteiger partial charge in [0.25, 0.3) is 5.91 Å². The summed E-state index contributed by atoms with van der Waals surface area (Å²) in [6.45, 7) is 5.82. The van der Waals surface area contributed by atoms with Crippen LogP contribution in [-0.2, 0) is 16.1 Å². The molecule has 3 aromatic rings. The first-order chi connectivity index (χ1) is 15.4. The van der Waals surface area contributed by atoms with Crippen molar-refractivity contribution >= 4 is 28.9 Å². The number of amides is 1. The van der Waals surface area contributed by atoms with E-state index in [1.807, 2.05) is 24.3 Å². The second-order valence-electron chi connectivity index (χ2n) is 7.30. The first-order valence-electron chi connectivity index (χ1n) is 10.3. The summed E-state index contributed by atoms with van der Waals surface area (Å²) in [5, 5.41) is 4.96. The molecule has 0 aliphatic carbocycles. The maximum Gasteiger partial charge on any atom is 0.358 e. The van der Waals surface area contributed by atoms with Gasteiger partial charge in [0.1, 0.15) is 23.2 Å². The number of nitrogens with one attached hydrogen (secondary N) is 1. The maximum absolute atomic E-state index is 13.0. The minimum Gasteiger partial charge on any atom is -0.486 e. The Kier molecular flexibility index (Phi) is 7.94. The van der Waals surface area contributed by atoms with Crippen molar-refractivity contribution in [1.82, 2.24) is 4.98 Å². The molecule has 0 fully saturated rings. The highest BCUT2D eigenvalue weighted by Gasteiger charge is 2.22. The van der Waals surface area contributed by atoms with Crippen LogP contribution in [0.1, 0.15) is 54.2 Å². The smallest absolute Gasteiger partial charge is 0.358 e. The van der Waals surface area contributed by atoms with E-state index in [2.05, 4.69) is 24.1 Å². The van der Waals surface area contributed by atoms with E-state index in [4.69, 9.17) is 9.47 Å². The van der Waals surface area contributed by atoms with E-state index < -0.39 is 18.0 Å². The number of hydrogen-bond donors (Lipinski definition) is 1. The van der Waals surface area contributed by atoms with E-state index in [1.165, 1.54) is 42.5 Å². The molecule has 168 valence electrons. The molecular formula is C24H25FN2O4S. The van der Waals surface area contributed by atoms with Crippen molar-refractivity contribution in [1.29, 1.82) is 0 Å². The number of carbonyl (C=O) groups is 2. The number of halogens is 1. The number of ether oxygens (including phenoxy) is 2. The normalized spacial score (nSPS) is 12.6. The molecule has 32 heavy (non-hydrogen) atoms. The summed E-state index contributed by atoms with van der Waals surface area (Å²) >= 11 is 1.23. The summed E-state index contributed by atoms with van der Waals surface area (Å²) < 4.78 is 23.8.